The summed E-state index contributed by atoms with van der Waals surface area (Å²) in [5, 5.41) is 2.74. The van der Waals surface area contributed by atoms with Crippen LogP contribution in [0.5, 0.6) is 0 Å². The van der Waals surface area contributed by atoms with Crippen molar-refractivity contribution >= 4 is 11.9 Å². The van der Waals surface area contributed by atoms with E-state index in [1.807, 2.05) is 65.0 Å². The Morgan fingerprint density at radius 3 is 2.36 bits per heavy atom. The zero-order valence-electron chi connectivity index (χ0n) is 16.0. The molecule has 5 heteroatoms. The van der Waals surface area contributed by atoms with Gasteiger partial charge in [0.1, 0.15) is 19.3 Å². The van der Waals surface area contributed by atoms with Gasteiger partial charge in [-0.05, 0) is 38.2 Å². The smallest absolute Gasteiger partial charge is 0.328 e. The Morgan fingerprint density at radius 2 is 1.80 bits per heavy atom. The van der Waals surface area contributed by atoms with Crippen molar-refractivity contribution in [1.29, 1.82) is 0 Å². The maximum absolute atomic E-state index is 12.4. The van der Waals surface area contributed by atoms with E-state index in [0.717, 1.165) is 12.0 Å². The third-order valence-corrected chi connectivity index (χ3v) is 4.00. The molecule has 0 aliphatic rings. The molecule has 1 N–H and O–H groups in total. The highest BCUT2D eigenvalue weighted by atomic mass is 16.5. The van der Waals surface area contributed by atoms with Gasteiger partial charge in [-0.25, -0.2) is 4.79 Å². The molecular weight excluding hydrogens is 318 g/mol. The number of hydrogen-bond acceptors (Lipinski definition) is 4. The minimum Gasteiger partial charge on any atom is -0.459 e. The molecule has 0 radical (unpaired) electrons. The van der Waals surface area contributed by atoms with Crippen molar-refractivity contribution in [3.63, 3.8) is 0 Å². The number of benzene rings is 1. The zero-order valence-corrected chi connectivity index (χ0v) is 16.0. The number of carbonyl (C=O) groups excluding carboxylic acids is 2. The van der Waals surface area contributed by atoms with Crippen molar-refractivity contribution in [1.82, 2.24) is 5.32 Å². The molecule has 0 bridgehead atoms. The molecule has 0 saturated heterocycles. The monoisotopic (exact) mass is 349 g/mol. The summed E-state index contributed by atoms with van der Waals surface area (Å²) in [5.74, 6) is -0.466. The van der Waals surface area contributed by atoms with Crippen LogP contribution >= 0.6 is 0 Å². The first-order valence-corrected chi connectivity index (χ1v) is 8.87. The maximum Gasteiger partial charge on any atom is 0.328 e. The van der Waals surface area contributed by atoms with Crippen LogP contribution in [0, 0.1) is 5.92 Å². The van der Waals surface area contributed by atoms with E-state index in [4.69, 9.17) is 9.47 Å². The molecule has 25 heavy (non-hydrogen) atoms. The maximum atomic E-state index is 12.4. The molecule has 1 rings (SSSR count). The molecule has 0 aliphatic carbocycles. The average molecular weight is 349 g/mol. The fourth-order valence-electron chi connectivity index (χ4n) is 2.11. The summed E-state index contributed by atoms with van der Waals surface area (Å²) in [6, 6.07) is 8.82. The highest BCUT2D eigenvalue weighted by Crippen LogP contribution is 2.13. The van der Waals surface area contributed by atoms with Gasteiger partial charge in [0, 0.05) is 0 Å². The molecule has 140 valence electrons. The number of amides is 1. The normalized spacial score (nSPS) is 12.7. The van der Waals surface area contributed by atoms with Gasteiger partial charge in [-0.2, -0.15) is 0 Å². The molecule has 0 fully saturated rings. The first kappa shape index (κ1) is 21.2. The van der Waals surface area contributed by atoms with Crippen molar-refractivity contribution in [2.75, 3.05) is 6.61 Å². The van der Waals surface area contributed by atoms with E-state index in [0.29, 0.717) is 6.42 Å². The number of carbonyl (C=O) groups is 2. The molecule has 5 nitrogen and oxygen atoms in total. The standard InChI is InChI=1S/C20H31NO4/c1-6-20(4,5)25-14-18(22)21-17(12-15(2)3)19(23)24-13-16-10-8-7-9-11-16/h7-11,15,17H,6,12-14H2,1-5H3,(H,21,22). The minimum atomic E-state index is -0.662. The first-order chi connectivity index (χ1) is 11.7. The van der Waals surface area contributed by atoms with Gasteiger partial charge in [-0.3, -0.25) is 4.79 Å². The molecule has 0 aromatic heterocycles. The van der Waals surface area contributed by atoms with Crippen molar-refractivity contribution < 1.29 is 19.1 Å². The molecule has 1 atom stereocenters. The Labute approximate surface area is 151 Å². The van der Waals surface area contributed by atoms with Gasteiger partial charge >= 0.3 is 5.97 Å². The molecular formula is C20H31NO4. The van der Waals surface area contributed by atoms with Crippen LogP contribution in [0.4, 0.5) is 0 Å². The lowest BCUT2D eigenvalue weighted by atomic mass is 10.0. The van der Waals surface area contributed by atoms with Crippen molar-refractivity contribution in [3.05, 3.63) is 35.9 Å². The van der Waals surface area contributed by atoms with E-state index in [9.17, 15) is 9.59 Å². The molecule has 0 spiro atoms. The lowest BCUT2D eigenvalue weighted by Gasteiger charge is -2.24. The van der Waals surface area contributed by atoms with Gasteiger partial charge < -0.3 is 14.8 Å². The summed E-state index contributed by atoms with van der Waals surface area (Å²) in [6.07, 6.45) is 1.32. The Hall–Kier alpha value is -1.88. The predicted octanol–water partition coefficient (Wildman–Crippen LogP) is 3.47. The van der Waals surface area contributed by atoms with Gasteiger partial charge in [0.25, 0.3) is 0 Å². The minimum absolute atomic E-state index is 0.0681. The van der Waals surface area contributed by atoms with Crippen LogP contribution in [0.15, 0.2) is 30.3 Å². The van der Waals surface area contributed by atoms with Crippen LogP contribution in [0.3, 0.4) is 0 Å². The summed E-state index contributed by atoms with van der Waals surface area (Å²) in [6.45, 7) is 9.99. The van der Waals surface area contributed by atoms with Gasteiger partial charge in [0.15, 0.2) is 0 Å². The Morgan fingerprint density at radius 1 is 1.16 bits per heavy atom. The van der Waals surface area contributed by atoms with Gasteiger partial charge in [-0.15, -0.1) is 0 Å². The Kier molecular flexibility index (Phi) is 8.62. The SMILES string of the molecule is CCC(C)(C)OCC(=O)NC(CC(C)C)C(=O)OCc1ccccc1. The fourth-order valence-corrected chi connectivity index (χ4v) is 2.11. The zero-order chi connectivity index (χ0) is 18.9. The van der Waals surface area contributed by atoms with Gasteiger partial charge in [0.2, 0.25) is 5.91 Å². The van der Waals surface area contributed by atoms with E-state index in [1.165, 1.54) is 0 Å². The molecule has 1 unspecified atom stereocenters. The second kappa shape index (κ2) is 10.2. The topological polar surface area (TPSA) is 64.6 Å². The van der Waals surface area contributed by atoms with Crippen LogP contribution in [-0.4, -0.2) is 30.1 Å². The van der Waals surface area contributed by atoms with E-state index in [1.54, 1.807) is 0 Å². The van der Waals surface area contributed by atoms with Crippen LogP contribution in [0.25, 0.3) is 0 Å². The van der Waals surface area contributed by atoms with Gasteiger partial charge in [0.05, 0.1) is 5.60 Å². The van der Waals surface area contributed by atoms with Crippen LogP contribution in [-0.2, 0) is 25.7 Å². The average Bonchev–Trinajstić information content (AvgIpc) is 2.58. The van der Waals surface area contributed by atoms with E-state index in [2.05, 4.69) is 5.32 Å². The highest BCUT2D eigenvalue weighted by Gasteiger charge is 2.25. The van der Waals surface area contributed by atoms with Crippen LogP contribution in [0.1, 0.15) is 53.0 Å². The third-order valence-electron chi connectivity index (χ3n) is 4.00. The van der Waals surface area contributed by atoms with Crippen molar-refractivity contribution in [2.45, 2.75) is 65.7 Å². The largest absolute Gasteiger partial charge is 0.459 e. The van der Waals surface area contributed by atoms with Crippen LogP contribution in [0.2, 0.25) is 0 Å². The first-order valence-electron chi connectivity index (χ1n) is 8.87. The lowest BCUT2D eigenvalue weighted by molar-refractivity contribution is -0.150. The molecule has 0 heterocycles. The number of ether oxygens (including phenoxy) is 2. The Balaban J connectivity index is 2.57. The fraction of sp³-hybridized carbons (Fsp3) is 0.600. The lowest BCUT2D eigenvalue weighted by Crippen LogP contribution is -2.45. The van der Waals surface area contributed by atoms with E-state index < -0.39 is 12.0 Å². The number of esters is 1. The summed E-state index contributed by atoms with van der Waals surface area (Å²) < 4.78 is 11.0. The van der Waals surface area contributed by atoms with E-state index in [-0.39, 0.29) is 30.6 Å². The number of nitrogens with one attached hydrogen (secondary N) is 1. The molecule has 0 saturated carbocycles. The second-order valence-corrected chi connectivity index (χ2v) is 7.24. The quantitative estimate of drug-likeness (QED) is 0.657. The third kappa shape index (κ3) is 8.68. The molecule has 1 aromatic carbocycles. The van der Waals surface area contributed by atoms with Crippen molar-refractivity contribution in [2.24, 2.45) is 5.92 Å². The summed E-state index contributed by atoms with van der Waals surface area (Å²) >= 11 is 0. The molecule has 1 aromatic rings. The molecule has 1 amide bonds. The molecule has 0 aliphatic heterocycles. The summed E-state index contributed by atoms with van der Waals surface area (Å²) in [7, 11) is 0. The summed E-state index contributed by atoms with van der Waals surface area (Å²) in [4.78, 5) is 24.5. The van der Waals surface area contributed by atoms with Crippen molar-refractivity contribution in [3.8, 4) is 0 Å². The summed E-state index contributed by atoms with van der Waals surface area (Å²) in [5.41, 5.74) is 0.553. The van der Waals surface area contributed by atoms with Gasteiger partial charge in [-0.1, -0.05) is 51.1 Å². The second-order valence-electron chi connectivity index (χ2n) is 7.24. The van der Waals surface area contributed by atoms with E-state index >= 15 is 0 Å². The van der Waals surface area contributed by atoms with Crippen LogP contribution < -0.4 is 5.32 Å². The predicted molar refractivity (Wildman–Crippen MR) is 97.9 cm³/mol. The Bertz CT molecular complexity index is 540. The number of hydrogen-bond donors (Lipinski definition) is 1. The number of rotatable bonds is 10. The highest BCUT2D eigenvalue weighted by molar-refractivity contribution is 5.85.